The average molecular weight is 489 g/mol. The molecule has 6 aromatic rings. The highest BCUT2D eigenvalue weighted by atomic mass is 79.9. The number of aromatic nitrogens is 2. The molecule has 0 N–H and O–H groups in total. The molecule has 33 heavy (non-hydrogen) atoms. The molecule has 0 saturated heterocycles. The van der Waals surface area contributed by atoms with Crippen LogP contribution in [-0.2, 0) is 0 Å². The Kier molecular flexibility index (Phi) is 4.15. The lowest BCUT2D eigenvalue weighted by atomic mass is 10.1. The molecule has 2 aromatic heterocycles. The molecule has 0 radical (unpaired) electrons. The minimum atomic E-state index is 1.04. The van der Waals surface area contributed by atoms with Crippen molar-refractivity contribution >= 4 is 65.2 Å². The lowest BCUT2D eigenvalue weighted by Crippen LogP contribution is -2.01. The summed E-state index contributed by atoms with van der Waals surface area (Å²) in [7, 11) is 0. The second-order valence-electron chi connectivity index (χ2n) is 8.67. The summed E-state index contributed by atoms with van der Waals surface area (Å²) in [6.07, 6.45) is 8.84. The van der Waals surface area contributed by atoms with Crippen LogP contribution in [0.2, 0.25) is 0 Å². The second-order valence-corrected chi connectivity index (χ2v) is 9.58. The monoisotopic (exact) mass is 488 g/mol. The summed E-state index contributed by atoms with van der Waals surface area (Å²) in [4.78, 5) is 0. The van der Waals surface area contributed by atoms with Gasteiger partial charge >= 0.3 is 0 Å². The maximum absolute atomic E-state index is 3.72. The molecule has 1 aliphatic carbocycles. The fourth-order valence-corrected chi connectivity index (χ4v) is 5.79. The maximum atomic E-state index is 3.72. The Morgan fingerprint density at radius 3 is 2.12 bits per heavy atom. The Balaban J connectivity index is 1.78. The van der Waals surface area contributed by atoms with E-state index in [2.05, 4.69) is 128 Å². The molecular formula is C30H21BrN2. The third-order valence-electron chi connectivity index (χ3n) is 6.82. The number of hydrogen-bond acceptors (Lipinski definition) is 0. The van der Waals surface area contributed by atoms with Gasteiger partial charge in [-0.15, -0.1) is 0 Å². The third kappa shape index (κ3) is 2.72. The van der Waals surface area contributed by atoms with Crippen molar-refractivity contribution in [3.05, 3.63) is 108 Å². The summed E-state index contributed by atoms with van der Waals surface area (Å²) in [5.41, 5.74) is 7.56. The number of para-hydroxylation sites is 2. The van der Waals surface area contributed by atoms with Gasteiger partial charge in [-0.2, -0.15) is 0 Å². The zero-order valence-electron chi connectivity index (χ0n) is 18.0. The van der Waals surface area contributed by atoms with Gasteiger partial charge in [-0.25, -0.2) is 0 Å². The van der Waals surface area contributed by atoms with Crippen molar-refractivity contribution in [3.8, 4) is 5.69 Å². The van der Waals surface area contributed by atoms with Crippen LogP contribution >= 0.6 is 15.9 Å². The Hall–Kier alpha value is -3.56. The number of benzene rings is 4. The summed E-state index contributed by atoms with van der Waals surface area (Å²) in [5.74, 6) is 0. The van der Waals surface area contributed by atoms with E-state index in [1.807, 2.05) is 0 Å². The molecule has 4 aromatic carbocycles. The second kappa shape index (κ2) is 7.23. The van der Waals surface area contributed by atoms with Crippen molar-refractivity contribution in [2.45, 2.75) is 12.8 Å². The van der Waals surface area contributed by atoms with Crippen LogP contribution in [-0.4, -0.2) is 9.13 Å². The van der Waals surface area contributed by atoms with Crippen LogP contribution in [0.5, 0.6) is 0 Å². The van der Waals surface area contributed by atoms with Gasteiger partial charge in [0.05, 0.1) is 22.1 Å². The van der Waals surface area contributed by atoms with Crippen molar-refractivity contribution in [2.75, 3.05) is 0 Å². The highest BCUT2D eigenvalue weighted by Gasteiger charge is 2.21. The van der Waals surface area contributed by atoms with E-state index in [9.17, 15) is 0 Å². The minimum absolute atomic E-state index is 1.04. The molecule has 0 amide bonds. The van der Waals surface area contributed by atoms with E-state index in [0.29, 0.717) is 0 Å². The first kappa shape index (κ1) is 19.0. The normalized spacial score (nSPS) is 14.0. The first-order valence-electron chi connectivity index (χ1n) is 11.4. The average Bonchev–Trinajstić information content (AvgIpc) is 3.37. The first-order valence-corrected chi connectivity index (χ1v) is 12.2. The Morgan fingerprint density at radius 2 is 1.33 bits per heavy atom. The standard InChI is InChI=1S/C30H21BrN2/c31-20-15-16-24-26-18-17-25-23-13-7-8-14-27(23)32(21-9-3-1-4-10-21)29(25)30(26)33(28(24)19-20)22-11-5-2-6-12-22/h1-3,5-9,11-19H,4,10H2. The Bertz CT molecular complexity index is 1760. The topological polar surface area (TPSA) is 9.86 Å². The van der Waals surface area contributed by atoms with Crippen molar-refractivity contribution in [2.24, 2.45) is 0 Å². The highest BCUT2D eigenvalue weighted by molar-refractivity contribution is 9.10. The van der Waals surface area contributed by atoms with Crippen molar-refractivity contribution in [1.82, 2.24) is 9.13 Å². The predicted molar refractivity (Wildman–Crippen MR) is 144 cm³/mol. The van der Waals surface area contributed by atoms with Crippen molar-refractivity contribution in [1.29, 1.82) is 0 Å². The van der Waals surface area contributed by atoms with Gasteiger partial charge in [0.1, 0.15) is 0 Å². The van der Waals surface area contributed by atoms with Gasteiger partial charge in [0.25, 0.3) is 0 Å². The maximum Gasteiger partial charge on any atom is 0.0788 e. The number of rotatable bonds is 2. The van der Waals surface area contributed by atoms with E-state index in [1.54, 1.807) is 0 Å². The van der Waals surface area contributed by atoms with E-state index >= 15 is 0 Å². The van der Waals surface area contributed by atoms with Gasteiger partial charge in [-0.1, -0.05) is 82.7 Å². The van der Waals surface area contributed by atoms with Crippen LogP contribution in [0.1, 0.15) is 12.8 Å². The molecule has 1 aliphatic rings. The third-order valence-corrected chi connectivity index (χ3v) is 7.31. The summed E-state index contributed by atoms with van der Waals surface area (Å²) in [5, 5.41) is 5.15. The van der Waals surface area contributed by atoms with E-state index in [0.717, 1.165) is 17.3 Å². The molecule has 2 nitrogen and oxygen atoms in total. The van der Waals surface area contributed by atoms with Crippen LogP contribution in [0.4, 0.5) is 0 Å². The molecule has 0 bridgehead atoms. The molecule has 0 spiro atoms. The fourth-order valence-electron chi connectivity index (χ4n) is 5.44. The summed E-state index contributed by atoms with van der Waals surface area (Å²) in [6, 6.07) is 30.8. The smallest absolute Gasteiger partial charge is 0.0788 e. The van der Waals surface area contributed by atoms with Crippen molar-refractivity contribution in [3.63, 3.8) is 0 Å². The largest absolute Gasteiger partial charge is 0.311 e. The van der Waals surface area contributed by atoms with E-state index < -0.39 is 0 Å². The first-order chi connectivity index (χ1) is 16.3. The molecule has 0 saturated carbocycles. The molecule has 0 atom stereocenters. The molecule has 0 fully saturated rings. The van der Waals surface area contributed by atoms with Crippen LogP contribution in [0.25, 0.3) is 55.0 Å². The van der Waals surface area contributed by atoms with Crippen LogP contribution in [0.15, 0.2) is 108 Å². The van der Waals surface area contributed by atoms with Crippen LogP contribution in [0, 0.1) is 0 Å². The van der Waals surface area contributed by atoms with Crippen LogP contribution < -0.4 is 0 Å². The summed E-state index contributed by atoms with van der Waals surface area (Å²) in [6.45, 7) is 0. The lowest BCUT2D eigenvalue weighted by Gasteiger charge is -2.16. The molecule has 158 valence electrons. The van der Waals surface area contributed by atoms with E-state index in [4.69, 9.17) is 0 Å². The quantitative estimate of drug-likeness (QED) is 0.230. The zero-order valence-corrected chi connectivity index (χ0v) is 19.6. The van der Waals surface area contributed by atoms with Gasteiger partial charge in [-0.05, 0) is 49.2 Å². The Labute approximate surface area is 200 Å². The van der Waals surface area contributed by atoms with Gasteiger partial charge in [0, 0.05) is 37.4 Å². The van der Waals surface area contributed by atoms with Crippen molar-refractivity contribution < 1.29 is 0 Å². The van der Waals surface area contributed by atoms with Gasteiger partial charge in [0.2, 0.25) is 0 Å². The molecule has 7 rings (SSSR count). The highest BCUT2D eigenvalue weighted by Crippen LogP contribution is 2.42. The molecule has 3 heteroatoms. The Morgan fingerprint density at radius 1 is 0.636 bits per heavy atom. The van der Waals surface area contributed by atoms with Gasteiger partial charge < -0.3 is 9.13 Å². The molecule has 0 unspecified atom stereocenters. The number of hydrogen-bond donors (Lipinski definition) is 0. The SMILES string of the molecule is Brc1ccc2c3ccc4c5ccccc5n(C5=CC=CCC5)c4c3n(-c3ccccc3)c2c1. The van der Waals surface area contributed by atoms with Gasteiger partial charge in [-0.3, -0.25) is 0 Å². The summed E-state index contributed by atoms with van der Waals surface area (Å²) < 4.78 is 6.03. The molecule has 2 heterocycles. The summed E-state index contributed by atoms with van der Waals surface area (Å²) >= 11 is 3.72. The number of nitrogens with zero attached hydrogens (tertiary/aromatic N) is 2. The fraction of sp³-hybridized carbons (Fsp3) is 0.0667. The number of halogens is 1. The molecule has 0 aliphatic heterocycles. The molecular weight excluding hydrogens is 468 g/mol. The zero-order chi connectivity index (χ0) is 21.9. The predicted octanol–water partition coefficient (Wildman–Crippen LogP) is 8.84. The van der Waals surface area contributed by atoms with E-state index in [-0.39, 0.29) is 0 Å². The van der Waals surface area contributed by atoms with Gasteiger partial charge in [0.15, 0.2) is 0 Å². The van der Waals surface area contributed by atoms with E-state index in [1.165, 1.54) is 55.0 Å². The lowest BCUT2D eigenvalue weighted by molar-refractivity contribution is 0.979. The minimum Gasteiger partial charge on any atom is -0.311 e. The van der Waals surface area contributed by atoms with Crippen LogP contribution in [0.3, 0.4) is 0 Å². The number of fused-ring (bicyclic) bond motifs is 7. The number of allylic oxidation sites excluding steroid dienone is 4.